The maximum atomic E-state index is 5.29. The zero-order chi connectivity index (χ0) is 31.6. The fourth-order valence-corrected chi connectivity index (χ4v) is 9.57. The first kappa shape index (κ1) is 27.8. The van der Waals surface area contributed by atoms with Crippen molar-refractivity contribution in [1.82, 2.24) is 9.97 Å². The van der Waals surface area contributed by atoms with Crippen molar-refractivity contribution < 1.29 is 0 Å². The lowest BCUT2D eigenvalue weighted by Crippen LogP contribution is -2.01. The van der Waals surface area contributed by atoms with E-state index >= 15 is 0 Å². The molecule has 0 amide bonds. The molecule has 1 aliphatic carbocycles. The number of thioether (sulfide) groups is 1. The topological polar surface area (TPSA) is 37.8 Å². The molecule has 1 N–H and O–H groups in total. The van der Waals surface area contributed by atoms with Crippen LogP contribution >= 0.6 is 23.1 Å². The van der Waals surface area contributed by atoms with E-state index in [4.69, 9.17) is 9.97 Å². The van der Waals surface area contributed by atoms with Gasteiger partial charge in [0.15, 0.2) is 5.82 Å². The van der Waals surface area contributed by atoms with Gasteiger partial charge in [-0.1, -0.05) is 127 Å². The Labute approximate surface area is 286 Å². The van der Waals surface area contributed by atoms with Gasteiger partial charge in [-0.3, -0.25) is 0 Å². The van der Waals surface area contributed by atoms with Crippen LogP contribution < -0.4 is 5.32 Å². The molecule has 6 aromatic carbocycles. The Bertz CT molecular complexity index is 2630. The molecule has 48 heavy (non-hydrogen) atoms. The number of rotatable bonds is 4. The van der Waals surface area contributed by atoms with E-state index in [1.807, 2.05) is 23.1 Å². The summed E-state index contributed by atoms with van der Waals surface area (Å²) in [5, 5.41) is 11.5. The minimum Gasteiger partial charge on any atom is -0.368 e. The molecule has 0 saturated heterocycles. The van der Waals surface area contributed by atoms with E-state index in [2.05, 4.69) is 145 Å². The Balaban J connectivity index is 1.13. The van der Waals surface area contributed by atoms with Gasteiger partial charge in [0.1, 0.15) is 5.37 Å². The number of benzene rings is 6. The highest BCUT2D eigenvalue weighted by molar-refractivity contribution is 8.00. The van der Waals surface area contributed by atoms with Crippen LogP contribution in [0.4, 0.5) is 5.69 Å². The van der Waals surface area contributed by atoms with Crippen molar-refractivity contribution in [2.24, 2.45) is 0 Å². The van der Waals surface area contributed by atoms with Gasteiger partial charge in [-0.15, -0.1) is 11.3 Å². The average Bonchev–Trinajstić information content (AvgIpc) is 3.77. The number of nitrogens with zero attached hydrogens (tertiary/aromatic N) is 2. The van der Waals surface area contributed by atoms with Crippen LogP contribution in [-0.2, 0) is 0 Å². The molecule has 0 spiro atoms. The van der Waals surface area contributed by atoms with Gasteiger partial charge in [0.2, 0.25) is 0 Å². The first-order valence-corrected chi connectivity index (χ1v) is 18.1. The fourth-order valence-electron chi connectivity index (χ4n) is 7.20. The van der Waals surface area contributed by atoms with E-state index in [-0.39, 0.29) is 5.37 Å². The highest BCUT2D eigenvalue weighted by Gasteiger charge is 2.25. The Morgan fingerprint density at radius 2 is 1.50 bits per heavy atom. The number of aromatic nitrogens is 2. The molecule has 0 saturated carbocycles. The van der Waals surface area contributed by atoms with Crippen LogP contribution in [0.3, 0.4) is 0 Å². The molecule has 228 valence electrons. The van der Waals surface area contributed by atoms with Crippen molar-refractivity contribution in [3.8, 4) is 22.6 Å². The summed E-state index contributed by atoms with van der Waals surface area (Å²) in [5.41, 5.74) is 7.76. The second-order valence-corrected chi connectivity index (χ2v) is 14.7. The van der Waals surface area contributed by atoms with Gasteiger partial charge < -0.3 is 5.32 Å². The summed E-state index contributed by atoms with van der Waals surface area (Å²) in [5.74, 6) is 0.749. The van der Waals surface area contributed by atoms with Crippen LogP contribution in [0.2, 0.25) is 0 Å². The molecule has 2 aromatic heterocycles. The molecular formula is C43H29N3S2. The summed E-state index contributed by atoms with van der Waals surface area (Å²) in [6, 6.07) is 43.9. The van der Waals surface area contributed by atoms with Gasteiger partial charge in [-0.05, 0) is 64.4 Å². The second-order valence-electron chi connectivity index (χ2n) is 12.5. The summed E-state index contributed by atoms with van der Waals surface area (Å²) in [6.45, 7) is 0. The van der Waals surface area contributed by atoms with Crippen LogP contribution in [0.15, 0.2) is 144 Å². The third kappa shape index (κ3) is 4.57. The quantitative estimate of drug-likeness (QED) is 0.192. The Kier molecular flexibility index (Phi) is 6.49. The predicted molar refractivity (Wildman–Crippen MR) is 206 cm³/mol. The summed E-state index contributed by atoms with van der Waals surface area (Å²) in [4.78, 5) is 11.8. The molecule has 5 heteroatoms. The van der Waals surface area contributed by atoms with Gasteiger partial charge in [0, 0.05) is 41.6 Å². The molecule has 10 rings (SSSR count). The molecule has 1 aliphatic heterocycles. The third-order valence-corrected chi connectivity index (χ3v) is 12.0. The molecule has 8 aromatic rings. The van der Waals surface area contributed by atoms with Crippen molar-refractivity contribution in [2.75, 3.05) is 5.32 Å². The number of fused-ring (bicyclic) bond motifs is 8. The van der Waals surface area contributed by atoms with Gasteiger partial charge >= 0.3 is 0 Å². The maximum Gasteiger partial charge on any atom is 0.160 e. The Morgan fingerprint density at radius 3 is 2.42 bits per heavy atom. The smallest absolute Gasteiger partial charge is 0.160 e. The number of allylic oxidation sites excluding steroid dienone is 4. The number of hydrogen-bond donors (Lipinski definition) is 1. The summed E-state index contributed by atoms with van der Waals surface area (Å²) in [6.07, 6.45) is 8.85. The monoisotopic (exact) mass is 651 g/mol. The molecule has 0 bridgehead atoms. The van der Waals surface area contributed by atoms with Crippen molar-refractivity contribution in [1.29, 1.82) is 0 Å². The zero-order valence-electron chi connectivity index (χ0n) is 26.0. The maximum absolute atomic E-state index is 5.29. The molecule has 3 nitrogen and oxygen atoms in total. The molecule has 1 atom stereocenters. The highest BCUT2D eigenvalue weighted by Crippen LogP contribution is 2.51. The van der Waals surface area contributed by atoms with Crippen LogP contribution in [0.5, 0.6) is 0 Å². The Hall–Kier alpha value is -5.23. The first-order chi connectivity index (χ1) is 23.8. The van der Waals surface area contributed by atoms with Gasteiger partial charge in [0.05, 0.1) is 17.1 Å². The number of anilines is 1. The van der Waals surface area contributed by atoms with E-state index in [1.165, 1.54) is 57.9 Å². The average molecular weight is 652 g/mol. The molecular weight excluding hydrogens is 623 g/mol. The van der Waals surface area contributed by atoms with Crippen LogP contribution in [0, 0.1) is 0 Å². The van der Waals surface area contributed by atoms with E-state index in [9.17, 15) is 0 Å². The van der Waals surface area contributed by atoms with E-state index < -0.39 is 0 Å². The van der Waals surface area contributed by atoms with Gasteiger partial charge in [-0.2, -0.15) is 0 Å². The SMILES string of the molecule is C1=CC(c2cc(-c3cccc4c3sc3ccccc34)nc(-c3ccc4c(ccc5ccc6c(c54)NC(c4ccccc4)S6)c3)n2)=CCC1. The standard InChI is InChI=1S/C43H29N3S2/c1-3-10-26(11-4-1)35-25-36(34-16-9-15-33-32-14-7-8-17-37(32)47-41(33)34)45-42(44-35)30-20-22-31-29(24-30)19-18-27-21-23-38-40(39(27)31)46-43(48-38)28-12-5-2-6-13-28/h2-3,5-25,43,46H,1,4H2. The van der Waals surface area contributed by atoms with E-state index in [0.29, 0.717) is 0 Å². The van der Waals surface area contributed by atoms with E-state index in [1.54, 1.807) is 0 Å². The van der Waals surface area contributed by atoms with Crippen LogP contribution in [0.25, 0.3) is 69.9 Å². The predicted octanol–water partition coefficient (Wildman–Crippen LogP) is 12.4. The lowest BCUT2D eigenvalue weighted by atomic mass is 9.98. The highest BCUT2D eigenvalue weighted by atomic mass is 32.2. The zero-order valence-corrected chi connectivity index (χ0v) is 27.6. The molecule has 0 radical (unpaired) electrons. The molecule has 3 heterocycles. The molecule has 1 unspecified atom stereocenters. The first-order valence-electron chi connectivity index (χ1n) is 16.4. The number of thiophene rings is 1. The number of hydrogen-bond acceptors (Lipinski definition) is 5. The second kappa shape index (κ2) is 11.2. The fraction of sp³-hybridized carbons (Fsp3) is 0.0698. The van der Waals surface area contributed by atoms with Crippen molar-refractivity contribution in [2.45, 2.75) is 23.1 Å². The minimum atomic E-state index is 0.199. The summed E-state index contributed by atoms with van der Waals surface area (Å²) < 4.78 is 2.56. The lowest BCUT2D eigenvalue weighted by molar-refractivity contribution is 1.03. The largest absolute Gasteiger partial charge is 0.368 e. The Morgan fingerprint density at radius 1 is 0.667 bits per heavy atom. The number of nitrogens with one attached hydrogen (secondary N) is 1. The van der Waals surface area contributed by atoms with E-state index in [0.717, 1.165) is 46.8 Å². The van der Waals surface area contributed by atoms with Crippen LogP contribution in [0.1, 0.15) is 29.5 Å². The van der Waals surface area contributed by atoms with Gasteiger partial charge in [-0.25, -0.2) is 9.97 Å². The lowest BCUT2D eigenvalue weighted by Gasteiger charge is -2.14. The summed E-state index contributed by atoms with van der Waals surface area (Å²) in [7, 11) is 0. The summed E-state index contributed by atoms with van der Waals surface area (Å²) >= 11 is 3.73. The van der Waals surface area contributed by atoms with Gasteiger partial charge in [0.25, 0.3) is 0 Å². The van der Waals surface area contributed by atoms with Crippen LogP contribution in [-0.4, -0.2) is 9.97 Å². The van der Waals surface area contributed by atoms with Crippen molar-refractivity contribution >= 4 is 76.1 Å². The minimum absolute atomic E-state index is 0.199. The van der Waals surface area contributed by atoms with Crippen molar-refractivity contribution in [3.05, 3.63) is 151 Å². The molecule has 2 aliphatic rings. The normalized spacial score (nSPS) is 15.7. The molecule has 0 fully saturated rings. The van der Waals surface area contributed by atoms with Crippen molar-refractivity contribution in [3.63, 3.8) is 0 Å². The third-order valence-electron chi connectivity index (χ3n) is 9.54.